The second-order valence-electron chi connectivity index (χ2n) is 6.83. The highest BCUT2D eigenvalue weighted by molar-refractivity contribution is 7.99. The van der Waals surface area contributed by atoms with Gasteiger partial charge in [-0.3, -0.25) is 0 Å². The molecule has 162 valence electrons. The molecule has 2 aromatic carbocycles. The SMILES string of the molecule is NS(=O)(=O)c1cccc(-c2nc(C(F)(F)F)nc(N3CCSC3)c2-c2ccccc2)c1. The number of aromatic nitrogens is 2. The number of hydrogen-bond donors (Lipinski definition) is 1. The van der Waals surface area contributed by atoms with E-state index in [0.717, 1.165) is 5.75 Å². The van der Waals surface area contributed by atoms with Crippen molar-refractivity contribution in [2.45, 2.75) is 11.1 Å². The van der Waals surface area contributed by atoms with E-state index in [0.29, 0.717) is 23.5 Å². The Morgan fingerprint density at radius 3 is 2.32 bits per heavy atom. The lowest BCUT2D eigenvalue weighted by atomic mass is 9.99. The smallest absolute Gasteiger partial charge is 0.346 e. The van der Waals surface area contributed by atoms with Gasteiger partial charge in [-0.2, -0.15) is 13.2 Å². The maximum absolute atomic E-state index is 13.7. The summed E-state index contributed by atoms with van der Waals surface area (Å²) >= 11 is 1.59. The first-order valence-electron chi connectivity index (χ1n) is 9.15. The van der Waals surface area contributed by atoms with E-state index in [-0.39, 0.29) is 22.0 Å². The van der Waals surface area contributed by atoms with Crippen molar-refractivity contribution in [3.8, 4) is 22.4 Å². The zero-order valence-electron chi connectivity index (χ0n) is 16.0. The molecule has 6 nitrogen and oxygen atoms in total. The summed E-state index contributed by atoms with van der Waals surface area (Å²) in [6.45, 7) is 0.537. The molecular weight excluding hydrogens is 449 g/mol. The molecule has 0 atom stereocenters. The summed E-state index contributed by atoms with van der Waals surface area (Å²) in [4.78, 5) is 9.30. The van der Waals surface area contributed by atoms with Crippen molar-refractivity contribution in [2.24, 2.45) is 5.14 Å². The number of sulfonamides is 1. The van der Waals surface area contributed by atoms with Crippen LogP contribution in [0.3, 0.4) is 0 Å². The Hall–Kier alpha value is -2.63. The van der Waals surface area contributed by atoms with E-state index in [1.807, 2.05) is 0 Å². The molecule has 0 spiro atoms. The zero-order chi connectivity index (χ0) is 22.2. The van der Waals surface area contributed by atoms with Gasteiger partial charge in [-0.1, -0.05) is 42.5 Å². The summed E-state index contributed by atoms with van der Waals surface area (Å²) in [6.07, 6.45) is -4.77. The summed E-state index contributed by atoms with van der Waals surface area (Å²) in [5, 5.41) is 5.23. The largest absolute Gasteiger partial charge is 0.451 e. The van der Waals surface area contributed by atoms with E-state index in [1.54, 1.807) is 47.0 Å². The number of benzene rings is 2. The fourth-order valence-electron chi connectivity index (χ4n) is 3.29. The van der Waals surface area contributed by atoms with Crippen LogP contribution in [0.15, 0.2) is 59.5 Å². The Labute approximate surface area is 181 Å². The van der Waals surface area contributed by atoms with E-state index in [1.165, 1.54) is 24.3 Å². The predicted octanol–water partition coefficient (Wildman–Crippen LogP) is 3.99. The molecule has 31 heavy (non-hydrogen) atoms. The van der Waals surface area contributed by atoms with E-state index < -0.39 is 22.0 Å². The quantitative estimate of drug-likeness (QED) is 0.626. The van der Waals surface area contributed by atoms with Crippen molar-refractivity contribution in [3.05, 3.63) is 60.4 Å². The minimum atomic E-state index is -4.77. The van der Waals surface area contributed by atoms with Gasteiger partial charge in [0.2, 0.25) is 15.8 Å². The van der Waals surface area contributed by atoms with Crippen molar-refractivity contribution in [1.82, 2.24) is 9.97 Å². The van der Waals surface area contributed by atoms with Crippen LogP contribution in [0.1, 0.15) is 5.82 Å². The first-order valence-corrected chi connectivity index (χ1v) is 11.9. The van der Waals surface area contributed by atoms with Crippen molar-refractivity contribution in [1.29, 1.82) is 0 Å². The number of primary sulfonamides is 1. The number of halogens is 3. The monoisotopic (exact) mass is 466 g/mol. The van der Waals surface area contributed by atoms with Crippen LogP contribution >= 0.6 is 11.8 Å². The Bertz CT molecular complexity index is 1210. The molecule has 1 aliphatic heterocycles. The van der Waals surface area contributed by atoms with Crippen LogP contribution in [0.2, 0.25) is 0 Å². The number of rotatable bonds is 4. The normalized spacial score (nSPS) is 14.8. The maximum Gasteiger partial charge on any atom is 0.451 e. The number of thioether (sulfide) groups is 1. The second kappa shape index (κ2) is 8.13. The van der Waals surface area contributed by atoms with Crippen molar-refractivity contribution >= 4 is 27.6 Å². The first-order chi connectivity index (χ1) is 14.6. The number of nitrogens with zero attached hydrogens (tertiary/aromatic N) is 3. The Morgan fingerprint density at radius 2 is 1.71 bits per heavy atom. The molecule has 11 heteroatoms. The van der Waals surface area contributed by atoms with Gasteiger partial charge in [0.15, 0.2) is 0 Å². The lowest BCUT2D eigenvalue weighted by molar-refractivity contribution is -0.144. The summed E-state index contributed by atoms with van der Waals surface area (Å²) in [5.41, 5.74) is 1.22. The van der Waals surface area contributed by atoms with Gasteiger partial charge in [-0.15, -0.1) is 11.8 Å². The lowest BCUT2D eigenvalue weighted by Gasteiger charge is -2.23. The molecule has 1 aliphatic rings. The maximum atomic E-state index is 13.7. The topological polar surface area (TPSA) is 89.2 Å². The Morgan fingerprint density at radius 1 is 1.00 bits per heavy atom. The average Bonchev–Trinajstić information content (AvgIpc) is 3.27. The van der Waals surface area contributed by atoms with Crippen LogP contribution in [0.25, 0.3) is 22.4 Å². The Kier molecular flexibility index (Phi) is 5.67. The fourth-order valence-corrected chi connectivity index (χ4v) is 4.80. The number of nitrogens with two attached hydrogens (primary N) is 1. The third kappa shape index (κ3) is 4.53. The van der Waals surface area contributed by atoms with E-state index in [4.69, 9.17) is 5.14 Å². The van der Waals surface area contributed by atoms with Crippen LogP contribution in [0.4, 0.5) is 19.0 Å². The van der Waals surface area contributed by atoms with Gasteiger partial charge in [-0.05, 0) is 17.7 Å². The molecular formula is C20H17F3N4O2S2. The molecule has 2 heterocycles. The third-order valence-corrected chi connectivity index (χ3v) is 6.57. The van der Waals surface area contributed by atoms with Crippen molar-refractivity contribution < 1.29 is 21.6 Å². The number of anilines is 1. The van der Waals surface area contributed by atoms with Gasteiger partial charge in [0.05, 0.1) is 22.0 Å². The summed E-state index contributed by atoms with van der Waals surface area (Å²) in [7, 11) is -4.05. The van der Waals surface area contributed by atoms with E-state index >= 15 is 0 Å². The fraction of sp³-hybridized carbons (Fsp3) is 0.200. The van der Waals surface area contributed by atoms with E-state index in [2.05, 4.69) is 9.97 Å². The van der Waals surface area contributed by atoms with Crippen LogP contribution < -0.4 is 10.0 Å². The van der Waals surface area contributed by atoms with Gasteiger partial charge >= 0.3 is 6.18 Å². The molecule has 0 unspecified atom stereocenters. The molecule has 0 radical (unpaired) electrons. The van der Waals surface area contributed by atoms with Gasteiger partial charge in [-0.25, -0.2) is 23.5 Å². The average molecular weight is 467 g/mol. The molecule has 1 fully saturated rings. The summed E-state index contributed by atoms with van der Waals surface area (Å²) in [6, 6.07) is 14.3. The molecule has 1 aromatic heterocycles. The molecule has 1 saturated heterocycles. The predicted molar refractivity (Wildman–Crippen MR) is 114 cm³/mol. The molecule has 2 N–H and O–H groups in total. The summed E-state index contributed by atoms with van der Waals surface area (Å²) in [5.74, 6) is 0.130. The summed E-state index contributed by atoms with van der Waals surface area (Å²) < 4.78 is 64.7. The van der Waals surface area contributed by atoms with E-state index in [9.17, 15) is 21.6 Å². The molecule has 0 amide bonds. The molecule has 0 bridgehead atoms. The minimum Gasteiger partial charge on any atom is -0.346 e. The molecule has 0 saturated carbocycles. The van der Waals surface area contributed by atoms with Gasteiger partial charge in [0, 0.05) is 17.9 Å². The highest BCUT2D eigenvalue weighted by Crippen LogP contribution is 2.41. The standard InChI is InChI=1S/C20H17F3N4O2S2/c21-20(22,23)19-25-17(14-7-4-8-15(11-14)31(24,28)29)16(13-5-2-1-3-6-13)18(26-19)27-9-10-30-12-27/h1-8,11H,9-10,12H2,(H2,24,28,29). The number of alkyl halides is 3. The van der Waals surface area contributed by atoms with Gasteiger partial charge < -0.3 is 4.90 Å². The van der Waals surface area contributed by atoms with Gasteiger partial charge in [0.1, 0.15) is 5.82 Å². The van der Waals surface area contributed by atoms with Crippen molar-refractivity contribution in [2.75, 3.05) is 23.1 Å². The van der Waals surface area contributed by atoms with Crippen LogP contribution in [0, 0.1) is 0 Å². The first kappa shape index (κ1) is 21.6. The third-order valence-electron chi connectivity index (χ3n) is 4.69. The van der Waals surface area contributed by atoms with Crippen LogP contribution in [-0.2, 0) is 16.2 Å². The minimum absolute atomic E-state index is 0.00840. The highest BCUT2D eigenvalue weighted by Gasteiger charge is 2.38. The van der Waals surface area contributed by atoms with Crippen LogP contribution in [-0.4, -0.2) is 36.6 Å². The highest BCUT2D eigenvalue weighted by atomic mass is 32.2. The zero-order valence-corrected chi connectivity index (χ0v) is 17.6. The second-order valence-corrected chi connectivity index (χ2v) is 9.47. The molecule has 4 rings (SSSR count). The number of hydrogen-bond acceptors (Lipinski definition) is 6. The molecule has 0 aliphatic carbocycles. The van der Waals surface area contributed by atoms with Gasteiger partial charge in [0.25, 0.3) is 0 Å². The van der Waals surface area contributed by atoms with Crippen molar-refractivity contribution in [3.63, 3.8) is 0 Å². The van der Waals surface area contributed by atoms with Crippen LogP contribution in [0.5, 0.6) is 0 Å². The lowest BCUT2D eigenvalue weighted by Crippen LogP contribution is -2.23. The Balaban J connectivity index is 2.06. The molecule has 3 aromatic rings.